The Labute approximate surface area is 82.3 Å². The SMILES string of the molecule is C1CCCC2(CCC1)CCNCC2. The van der Waals surface area contributed by atoms with Gasteiger partial charge in [0.2, 0.25) is 0 Å². The summed E-state index contributed by atoms with van der Waals surface area (Å²) in [5, 5.41) is 3.49. The highest BCUT2D eigenvalue weighted by Crippen LogP contribution is 2.41. The summed E-state index contributed by atoms with van der Waals surface area (Å²) in [7, 11) is 0. The molecule has 0 amide bonds. The first-order chi connectivity index (χ1) is 6.41. The predicted octanol–water partition coefficient (Wildman–Crippen LogP) is 3.10. The quantitative estimate of drug-likeness (QED) is 0.605. The van der Waals surface area contributed by atoms with E-state index in [1.165, 1.54) is 70.9 Å². The van der Waals surface area contributed by atoms with E-state index in [1.807, 2.05) is 0 Å². The van der Waals surface area contributed by atoms with Crippen molar-refractivity contribution in [1.82, 2.24) is 5.32 Å². The van der Waals surface area contributed by atoms with E-state index in [0.717, 1.165) is 5.41 Å². The molecule has 13 heavy (non-hydrogen) atoms. The van der Waals surface area contributed by atoms with Gasteiger partial charge >= 0.3 is 0 Å². The highest BCUT2D eigenvalue weighted by Gasteiger charge is 2.31. The van der Waals surface area contributed by atoms with Crippen molar-refractivity contribution in [1.29, 1.82) is 0 Å². The van der Waals surface area contributed by atoms with Crippen LogP contribution in [0.1, 0.15) is 57.8 Å². The lowest BCUT2D eigenvalue weighted by Crippen LogP contribution is -2.37. The molecule has 0 radical (unpaired) electrons. The fourth-order valence-electron chi connectivity index (χ4n) is 3.11. The Kier molecular flexibility index (Phi) is 3.26. The molecule has 1 N–H and O–H groups in total. The average molecular weight is 181 g/mol. The minimum atomic E-state index is 0.770. The summed E-state index contributed by atoms with van der Waals surface area (Å²) < 4.78 is 0. The summed E-state index contributed by atoms with van der Waals surface area (Å²) >= 11 is 0. The maximum Gasteiger partial charge on any atom is -0.00436 e. The first-order valence-corrected chi connectivity index (χ1v) is 6.12. The number of nitrogens with one attached hydrogen (secondary N) is 1. The van der Waals surface area contributed by atoms with E-state index in [0.29, 0.717) is 0 Å². The maximum absolute atomic E-state index is 3.49. The molecule has 2 rings (SSSR count). The molecule has 1 nitrogen and oxygen atoms in total. The standard InChI is InChI=1S/C12H23N/c1-2-4-6-12(7-5-3-1)8-10-13-11-9-12/h13H,1-11H2. The molecular formula is C12H23N. The Morgan fingerprint density at radius 2 is 1.15 bits per heavy atom. The zero-order valence-electron chi connectivity index (χ0n) is 8.78. The second-order valence-electron chi connectivity index (χ2n) is 5.02. The normalized spacial score (nSPS) is 29.5. The number of piperidine rings is 1. The Hall–Kier alpha value is -0.0400. The van der Waals surface area contributed by atoms with Crippen LogP contribution in [0, 0.1) is 5.41 Å². The van der Waals surface area contributed by atoms with Gasteiger partial charge < -0.3 is 5.32 Å². The van der Waals surface area contributed by atoms with Crippen molar-refractivity contribution < 1.29 is 0 Å². The summed E-state index contributed by atoms with van der Waals surface area (Å²) in [6.45, 7) is 2.56. The summed E-state index contributed by atoms with van der Waals surface area (Å²) in [6, 6.07) is 0. The molecular weight excluding hydrogens is 158 g/mol. The van der Waals surface area contributed by atoms with Crippen LogP contribution in [0.3, 0.4) is 0 Å². The first kappa shape index (κ1) is 9.51. The largest absolute Gasteiger partial charge is 0.317 e. The zero-order chi connectivity index (χ0) is 8.99. The van der Waals surface area contributed by atoms with Gasteiger partial charge in [0.15, 0.2) is 0 Å². The van der Waals surface area contributed by atoms with Crippen LogP contribution in [0.15, 0.2) is 0 Å². The van der Waals surface area contributed by atoms with Crippen LogP contribution in [0.2, 0.25) is 0 Å². The first-order valence-electron chi connectivity index (χ1n) is 6.12. The zero-order valence-corrected chi connectivity index (χ0v) is 8.78. The van der Waals surface area contributed by atoms with Gasteiger partial charge in [-0.2, -0.15) is 0 Å². The molecule has 1 saturated carbocycles. The molecule has 1 heterocycles. The highest BCUT2D eigenvalue weighted by molar-refractivity contribution is 4.85. The minimum absolute atomic E-state index is 0.770. The molecule has 1 heteroatoms. The van der Waals surface area contributed by atoms with Crippen molar-refractivity contribution in [3.05, 3.63) is 0 Å². The van der Waals surface area contributed by atoms with Crippen molar-refractivity contribution in [2.75, 3.05) is 13.1 Å². The predicted molar refractivity (Wildman–Crippen MR) is 56.9 cm³/mol. The molecule has 1 aliphatic heterocycles. The lowest BCUT2D eigenvalue weighted by Gasteiger charge is -2.39. The molecule has 0 atom stereocenters. The molecule has 1 aliphatic carbocycles. The van der Waals surface area contributed by atoms with E-state index < -0.39 is 0 Å². The summed E-state index contributed by atoms with van der Waals surface area (Å²) in [6.07, 6.45) is 13.4. The molecule has 0 bridgehead atoms. The second-order valence-corrected chi connectivity index (χ2v) is 5.02. The Balaban J connectivity index is 1.91. The van der Waals surface area contributed by atoms with Gasteiger partial charge in [0, 0.05) is 0 Å². The number of hydrogen-bond acceptors (Lipinski definition) is 1. The molecule has 0 aromatic heterocycles. The number of rotatable bonds is 0. The summed E-state index contributed by atoms with van der Waals surface area (Å²) in [5.74, 6) is 0. The van der Waals surface area contributed by atoms with Crippen LogP contribution in [0.4, 0.5) is 0 Å². The lowest BCUT2D eigenvalue weighted by molar-refractivity contribution is 0.149. The van der Waals surface area contributed by atoms with E-state index in [1.54, 1.807) is 0 Å². The van der Waals surface area contributed by atoms with Gasteiger partial charge in [-0.1, -0.05) is 32.1 Å². The van der Waals surface area contributed by atoms with Gasteiger partial charge in [-0.3, -0.25) is 0 Å². The minimum Gasteiger partial charge on any atom is -0.317 e. The second kappa shape index (κ2) is 4.45. The van der Waals surface area contributed by atoms with Crippen molar-refractivity contribution in [2.24, 2.45) is 5.41 Å². The fraction of sp³-hybridized carbons (Fsp3) is 1.00. The average Bonchev–Trinajstić information content (AvgIpc) is 2.14. The monoisotopic (exact) mass is 181 g/mol. The fourth-order valence-corrected chi connectivity index (χ4v) is 3.11. The van der Waals surface area contributed by atoms with Gasteiger partial charge in [0.05, 0.1) is 0 Å². The van der Waals surface area contributed by atoms with Gasteiger partial charge in [-0.05, 0) is 44.2 Å². The molecule has 0 aromatic rings. The van der Waals surface area contributed by atoms with Gasteiger partial charge in [-0.15, -0.1) is 0 Å². The third kappa shape index (κ3) is 2.46. The van der Waals surface area contributed by atoms with Gasteiger partial charge in [0.1, 0.15) is 0 Å². The molecule has 1 saturated heterocycles. The van der Waals surface area contributed by atoms with E-state index in [2.05, 4.69) is 5.32 Å². The van der Waals surface area contributed by atoms with E-state index in [4.69, 9.17) is 0 Å². The highest BCUT2D eigenvalue weighted by atomic mass is 14.9. The Bertz CT molecular complexity index is 137. The lowest BCUT2D eigenvalue weighted by atomic mass is 9.70. The maximum atomic E-state index is 3.49. The molecule has 2 fully saturated rings. The van der Waals surface area contributed by atoms with Crippen LogP contribution in [-0.4, -0.2) is 13.1 Å². The molecule has 0 unspecified atom stereocenters. The molecule has 2 aliphatic rings. The smallest absolute Gasteiger partial charge is 0.00436 e. The molecule has 0 aromatic carbocycles. The van der Waals surface area contributed by atoms with Crippen molar-refractivity contribution in [3.63, 3.8) is 0 Å². The Morgan fingerprint density at radius 1 is 0.615 bits per heavy atom. The van der Waals surface area contributed by atoms with E-state index in [-0.39, 0.29) is 0 Å². The van der Waals surface area contributed by atoms with Gasteiger partial charge in [-0.25, -0.2) is 0 Å². The third-order valence-corrected chi connectivity index (χ3v) is 4.08. The van der Waals surface area contributed by atoms with Crippen LogP contribution in [-0.2, 0) is 0 Å². The third-order valence-electron chi connectivity index (χ3n) is 4.08. The van der Waals surface area contributed by atoms with Crippen LogP contribution >= 0.6 is 0 Å². The van der Waals surface area contributed by atoms with Crippen molar-refractivity contribution in [2.45, 2.75) is 57.8 Å². The van der Waals surface area contributed by atoms with E-state index in [9.17, 15) is 0 Å². The van der Waals surface area contributed by atoms with Crippen molar-refractivity contribution >= 4 is 0 Å². The Morgan fingerprint density at radius 3 is 1.77 bits per heavy atom. The van der Waals surface area contributed by atoms with Crippen LogP contribution < -0.4 is 5.32 Å². The number of hydrogen-bond donors (Lipinski definition) is 1. The molecule has 1 spiro atoms. The van der Waals surface area contributed by atoms with E-state index >= 15 is 0 Å². The topological polar surface area (TPSA) is 12.0 Å². The van der Waals surface area contributed by atoms with Crippen LogP contribution in [0.5, 0.6) is 0 Å². The van der Waals surface area contributed by atoms with Gasteiger partial charge in [0.25, 0.3) is 0 Å². The van der Waals surface area contributed by atoms with Crippen molar-refractivity contribution in [3.8, 4) is 0 Å². The molecule has 76 valence electrons. The summed E-state index contributed by atoms with van der Waals surface area (Å²) in [4.78, 5) is 0. The summed E-state index contributed by atoms with van der Waals surface area (Å²) in [5.41, 5.74) is 0.770. The van der Waals surface area contributed by atoms with Crippen LogP contribution in [0.25, 0.3) is 0 Å².